The summed E-state index contributed by atoms with van der Waals surface area (Å²) in [4.78, 5) is 3.85. The molecule has 18 heavy (non-hydrogen) atoms. The number of halogens is 4. The number of rotatable bonds is 2. The Labute approximate surface area is 109 Å². The molecule has 0 aromatic carbocycles. The van der Waals surface area contributed by atoms with E-state index in [2.05, 4.69) is 10.3 Å². The minimum atomic E-state index is -4.14. The van der Waals surface area contributed by atoms with E-state index in [1.165, 1.54) is 6.20 Å². The third kappa shape index (κ3) is 3.28. The van der Waals surface area contributed by atoms with Crippen LogP contribution in [-0.2, 0) is 0 Å². The van der Waals surface area contributed by atoms with Crippen LogP contribution in [0.25, 0.3) is 0 Å². The van der Waals surface area contributed by atoms with Crippen molar-refractivity contribution in [1.29, 1.82) is 0 Å². The van der Waals surface area contributed by atoms with Crippen LogP contribution in [0.1, 0.15) is 25.7 Å². The molecule has 1 aromatic rings. The average Bonchev–Trinajstić information content (AvgIpc) is 2.31. The first-order chi connectivity index (χ1) is 8.47. The Balaban J connectivity index is 2.08. The number of alkyl halides is 3. The second-order valence-electron chi connectivity index (χ2n) is 4.55. The second-order valence-corrected chi connectivity index (χ2v) is 4.94. The molecule has 0 amide bonds. The Hall–Kier alpha value is -0.970. The summed E-state index contributed by atoms with van der Waals surface area (Å²) < 4.78 is 38.6. The summed E-state index contributed by atoms with van der Waals surface area (Å²) in [7, 11) is 0. The fourth-order valence-corrected chi connectivity index (χ4v) is 2.48. The van der Waals surface area contributed by atoms with Gasteiger partial charge in [0.05, 0.1) is 17.8 Å². The van der Waals surface area contributed by atoms with E-state index in [0.29, 0.717) is 23.7 Å². The number of hydrogen-bond donors (Lipinski definition) is 1. The Morgan fingerprint density at radius 2 is 1.94 bits per heavy atom. The first-order valence-corrected chi connectivity index (χ1v) is 6.29. The van der Waals surface area contributed by atoms with E-state index >= 15 is 0 Å². The summed E-state index contributed by atoms with van der Waals surface area (Å²) in [6.45, 7) is 0. The highest BCUT2D eigenvalue weighted by Gasteiger charge is 2.45. The number of aromatic nitrogens is 1. The Morgan fingerprint density at radius 3 is 2.56 bits per heavy atom. The van der Waals surface area contributed by atoms with Crippen molar-refractivity contribution >= 4 is 17.3 Å². The van der Waals surface area contributed by atoms with E-state index in [4.69, 9.17) is 11.6 Å². The molecule has 0 saturated heterocycles. The molecule has 1 N–H and O–H groups in total. The van der Waals surface area contributed by atoms with E-state index < -0.39 is 18.1 Å². The van der Waals surface area contributed by atoms with Crippen molar-refractivity contribution in [1.82, 2.24) is 4.98 Å². The van der Waals surface area contributed by atoms with Gasteiger partial charge in [0.25, 0.3) is 0 Å². The molecule has 0 bridgehead atoms. The number of hydrogen-bond acceptors (Lipinski definition) is 2. The molecule has 2 atom stereocenters. The molecule has 6 heteroatoms. The van der Waals surface area contributed by atoms with Crippen LogP contribution in [-0.4, -0.2) is 17.2 Å². The van der Waals surface area contributed by atoms with Gasteiger partial charge in [0.2, 0.25) is 0 Å². The van der Waals surface area contributed by atoms with Crippen molar-refractivity contribution < 1.29 is 13.2 Å². The number of nitrogens with zero attached hydrogens (tertiary/aromatic N) is 1. The van der Waals surface area contributed by atoms with Gasteiger partial charge in [0.1, 0.15) is 5.15 Å². The number of pyridine rings is 1. The van der Waals surface area contributed by atoms with Crippen LogP contribution in [0, 0.1) is 5.92 Å². The van der Waals surface area contributed by atoms with Gasteiger partial charge >= 0.3 is 6.18 Å². The van der Waals surface area contributed by atoms with Gasteiger partial charge in [-0.05, 0) is 25.0 Å². The van der Waals surface area contributed by atoms with Gasteiger partial charge in [0, 0.05) is 6.04 Å². The SMILES string of the molecule is FC(F)(F)C1CCCCC1Nc1ccc(Cl)nc1. The molecule has 0 spiro atoms. The summed E-state index contributed by atoms with van der Waals surface area (Å²) in [5.74, 6) is -1.28. The van der Waals surface area contributed by atoms with Crippen LogP contribution in [0.2, 0.25) is 5.15 Å². The van der Waals surface area contributed by atoms with E-state index in [1.807, 2.05) is 0 Å². The van der Waals surface area contributed by atoms with Gasteiger partial charge in [-0.25, -0.2) is 4.98 Å². The lowest BCUT2D eigenvalue weighted by atomic mass is 9.84. The van der Waals surface area contributed by atoms with Crippen molar-refractivity contribution in [3.8, 4) is 0 Å². The normalized spacial score (nSPS) is 24.9. The minimum absolute atomic E-state index is 0.197. The fourth-order valence-electron chi connectivity index (χ4n) is 2.37. The van der Waals surface area contributed by atoms with Crippen LogP contribution in [0.4, 0.5) is 18.9 Å². The third-order valence-electron chi connectivity index (χ3n) is 3.27. The zero-order chi connectivity index (χ0) is 13.2. The average molecular weight is 279 g/mol. The van der Waals surface area contributed by atoms with Gasteiger partial charge in [-0.1, -0.05) is 24.4 Å². The van der Waals surface area contributed by atoms with Crippen LogP contribution in [0.3, 0.4) is 0 Å². The number of nitrogens with one attached hydrogen (secondary N) is 1. The molecule has 1 aliphatic rings. The molecule has 100 valence electrons. The molecule has 0 aliphatic heterocycles. The Kier molecular flexibility index (Phi) is 4.00. The van der Waals surface area contributed by atoms with E-state index in [1.54, 1.807) is 12.1 Å². The Morgan fingerprint density at radius 1 is 1.22 bits per heavy atom. The van der Waals surface area contributed by atoms with E-state index in [-0.39, 0.29) is 6.42 Å². The van der Waals surface area contributed by atoms with Crippen LogP contribution >= 0.6 is 11.6 Å². The van der Waals surface area contributed by atoms with Crippen molar-refractivity contribution in [3.63, 3.8) is 0 Å². The quantitative estimate of drug-likeness (QED) is 0.817. The van der Waals surface area contributed by atoms with Crippen LogP contribution < -0.4 is 5.32 Å². The topological polar surface area (TPSA) is 24.9 Å². The Bertz CT molecular complexity index is 391. The maximum absolute atomic E-state index is 12.9. The van der Waals surface area contributed by atoms with Crippen molar-refractivity contribution in [2.24, 2.45) is 5.92 Å². The summed E-state index contributed by atoms with van der Waals surface area (Å²) in [5.41, 5.74) is 0.584. The van der Waals surface area contributed by atoms with Crippen LogP contribution in [0.15, 0.2) is 18.3 Å². The van der Waals surface area contributed by atoms with E-state index in [9.17, 15) is 13.2 Å². The molecule has 1 aliphatic carbocycles. The maximum Gasteiger partial charge on any atom is 0.393 e. The van der Waals surface area contributed by atoms with Crippen molar-refractivity contribution in [2.45, 2.75) is 37.9 Å². The standard InChI is InChI=1S/C12H14ClF3N2/c13-11-6-5-8(7-17-11)18-10-4-2-1-3-9(10)12(14,15)16/h5-7,9-10,18H,1-4H2. The van der Waals surface area contributed by atoms with Crippen LogP contribution in [0.5, 0.6) is 0 Å². The summed E-state index contributed by atoms with van der Waals surface area (Å²) in [6, 6.07) is 2.65. The van der Waals surface area contributed by atoms with Gasteiger partial charge in [-0.3, -0.25) is 0 Å². The molecular weight excluding hydrogens is 265 g/mol. The predicted molar refractivity (Wildman–Crippen MR) is 64.7 cm³/mol. The van der Waals surface area contributed by atoms with Gasteiger partial charge in [-0.15, -0.1) is 0 Å². The maximum atomic E-state index is 12.9. The van der Waals surface area contributed by atoms with Crippen molar-refractivity contribution in [3.05, 3.63) is 23.5 Å². The lowest BCUT2D eigenvalue weighted by Crippen LogP contribution is -2.41. The lowest BCUT2D eigenvalue weighted by Gasteiger charge is -2.34. The van der Waals surface area contributed by atoms with Crippen molar-refractivity contribution in [2.75, 3.05) is 5.32 Å². The molecule has 0 radical (unpaired) electrons. The monoisotopic (exact) mass is 278 g/mol. The third-order valence-corrected chi connectivity index (χ3v) is 3.49. The highest BCUT2D eigenvalue weighted by Crippen LogP contribution is 2.38. The molecule has 1 aromatic heterocycles. The minimum Gasteiger partial charge on any atom is -0.380 e. The van der Waals surface area contributed by atoms with Gasteiger partial charge in [0.15, 0.2) is 0 Å². The zero-order valence-electron chi connectivity index (χ0n) is 9.67. The number of anilines is 1. The molecule has 2 nitrogen and oxygen atoms in total. The fraction of sp³-hybridized carbons (Fsp3) is 0.583. The first-order valence-electron chi connectivity index (χ1n) is 5.91. The summed E-state index contributed by atoms with van der Waals surface area (Å²) in [6.07, 6.45) is -0.482. The zero-order valence-corrected chi connectivity index (χ0v) is 10.4. The van der Waals surface area contributed by atoms with Gasteiger partial charge in [-0.2, -0.15) is 13.2 Å². The molecule has 1 fully saturated rings. The van der Waals surface area contributed by atoms with E-state index in [0.717, 1.165) is 6.42 Å². The predicted octanol–water partition coefficient (Wildman–Crippen LogP) is 4.27. The molecule has 1 heterocycles. The molecule has 1 saturated carbocycles. The summed E-state index contributed by atoms with van der Waals surface area (Å²) >= 11 is 5.64. The highest BCUT2D eigenvalue weighted by molar-refractivity contribution is 6.29. The first kappa shape index (κ1) is 13.5. The molecular formula is C12H14ClF3N2. The highest BCUT2D eigenvalue weighted by atomic mass is 35.5. The van der Waals surface area contributed by atoms with Gasteiger partial charge < -0.3 is 5.32 Å². The smallest absolute Gasteiger partial charge is 0.380 e. The lowest BCUT2D eigenvalue weighted by molar-refractivity contribution is -0.184. The second kappa shape index (κ2) is 5.34. The molecule has 2 unspecified atom stereocenters. The summed E-state index contributed by atoms with van der Waals surface area (Å²) in [5, 5.41) is 3.25. The largest absolute Gasteiger partial charge is 0.393 e. The molecule has 2 rings (SSSR count).